The Morgan fingerprint density at radius 3 is 2.43 bits per heavy atom. The fourth-order valence-electron chi connectivity index (χ4n) is 1.54. The standard InChI is InChI=1S/C13H21N/c1-10(14)8-11-6-5-7-12(9-11)13(2,3)4/h5-7,9-10H,8,14H2,1-4H3/t10-/m0/s1. The first-order chi connectivity index (χ1) is 6.39. The summed E-state index contributed by atoms with van der Waals surface area (Å²) >= 11 is 0. The molecular weight excluding hydrogens is 170 g/mol. The average Bonchev–Trinajstić information content (AvgIpc) is 2.01. The summed E-state index contributed by atoms with van der Waals surface area (Å²) in [6.45, 7) is 8.75. The van der Waals surface area contributed by atoms with Crippen molar-refractivity contribution in [2.75, 3.05) is 0 Å². The lowest BCUT2D eigenvalue weighted by Gasteiger charge is -2.20. The maximum Gasteiger partial charge on any atom is 0.00509 e. The topological polar surface area (TPSA) is 26.0 Å². The highest BCUT2D eigenvalue weighted by Crippen LogP contribution is 2.23. The summed E-state index contributed by atoms with van der Waals surface area (Å²) in [6, 6.07) is 8.97. The van der Waals surface area contributed by atoms with Gasteiger partial charge in [-0.1, -0.05) is 45.0 Å². The normalized spacial score (nSPS) is 14.1. The predicted octanol–water partition coefficient (Wildman–Crippen LogP) is 2.87. The van der Waals surface area contributed by atoms with Crippen LogP contribution in [0.2, 0.25) is 0 Å². The first-order valence-electron chi connectivity index (χ1n) is 5.24. The minimum atomic E-state index is 0.230. The van der Waals surface area contributed by atoms with Gasteiger partial charge in [0.1, 0.15) is 0 Å². The molecule has 78 valence electrons. The second-order valence-electron chi connectivity index (χ2n) is 5.13. The van der Waals surface area contributed by atoms with Crippen LogP contribution < -0.4 is 5.73 Å². The van der Waals surface area contributed by atoms with Crippen LogP contribution in [0.5, 0.6) is 0 Å². The molecule has 0 saturated carbocycles. The van der Waals surface area contributed by atoms with Gasteiger partial charge in [-0.3, -0.25) is 0 Å². The SMILES string of the molecule is C[C@H](N)Cc1cccc(C(C)(C)C)c1. The van der Waals surface area contributed by atoms with Crippen molar-refractivity contribution < 1.29 is 0 Å². The Bertz CT molecular complexity index is 294. The van der Waals surface area contributed by atoms with Crippen LogP contribution in [-0.4, -0.2) is 6.04 Å². The number of rotatable bonds is 2. The van der Waals surface area contributed by atoms with E-state index in [-0.39, 0.29) is 11.5 Å². The summed E-state index contributed by atoms with van der Waals surface area (Å²) in [5, 5.41) is 0. The van der Waals surface area contributed by atoms with Gasteiger partial charge in [0.15, 0.2) is 0 Å². The Hall–Kier alpha value is -0.820. The van der Waals surface area contributed by atoms with Crippen LogP contribution >= 0.6 is 0 Å². The minimum absolute atomic E-state index is 0.230. The first kappa shape index (κ1) is 11.3. The lowest BCUT2D eigenvalue weighted by atomic mass is 9.86. The zero-order valence-electron chi connectivity index (χ0n) is 9.67. The van der Waals surface area contributed by atoms with Gasteiger partial charge in [-0.25, -0.2) is 0 Å². The van der Waals surface area contributed by atoms with Crippen molar-refractivity contribution in [3.8, 4) is 0 Å². The molecule has 0 bridgehead atoms. The van der Waals surface area contributed by atoms with Crippen LogP contribution in [0.3, 0.4) is 0 Å². The molecule has 0 aliphatic heterocycles. The maximum atomic E-state index is 5.78. The summed E-state index contributed by atoms with van der Waals surface area (Å²) in [6.07, 6.45) is 0.962. The van der Waals surface area contributed by atoms with Gasteiger partial charge in [-0.15, -0.1) is 0 Å². The molecule has 1 atom stereocenters. The molecule has 0 saturated heterocycles. The van der Waals surface area contributed by atoms with E-state index in [1.807, 2.05) is 6.92 Å². The van der Waals surface area contributed by atoms with Crippen molar-refractivity contribution in [1.29, 1.82) is 0 Å². The minimum Gasteiger partial charge on any atom is -0.328 e. The molecular formula is C13H21N. The van der Waals surface area contributed by atoms with Gasteiger partial charge in [-0.2, -0.15) is 0 Å². The summed E-state index contributed by atoms with van der Waals surface area (Å²) in [4.78, 5) is 0. The van der Waals surface area contributed by atoms with E-state index < -0.39 is 0 Å². The van der Waals surface area contributed by atoms with E-state index >= 15 is 0 Å². The molecule has 1 rings (SSSR count). The summed E-state index contributed by atoms with van der Waals surface area (Å²) in [5.74, 6) is 0. The van der Waals surface area contributed by atoms with Crippen LogP contribution in [0, 0.1) is 0 Å². The van der Waals surface area contributed by atoms with Crippen LogP contribution in [0.1, 0.15) is 38.8 Å². The summed E-state index contributed by atoms with van der Waals surface area (Å²) in [7, 11) is 0. The van der Waals surface area contributed by atoms with Crippen molar-refractivity contribution in [2.45, 2.75) is 45.6 Å². The third-order valence-corrected chi connectivity index (χ3v) is 2.35. The molecule has 1 nitrogen and oxygen atoms in total. The van der Waals surface area contributed by atoms with Crippen LogP contribution in [0.4, 0.5) is 0 Å². The van der Waals surface area contributed by atoms with E-state index in [0.29, 0.717) is 0 Å². The lowest BCUT2D eigenvalue weighted by Crippen LogP contribution is -2.18. The third-order valence-electron chi connectivity index (χ3n) is 2.35. The van der Waals surface area contributed by atoms with Crippen molar-refractivity contribution >= 4 is 0 Å². The number of nitrogens with two attached hydrogens (primary N) is 1. The molecule has 0 fully saturated rings. The summed E-state index contributed by atoms with van der Waals surface area (Å²) < 4.78 is 0. The Morgan fingerprint density at radius 2 is 1.93 bits per heavy atom. The quantitative estimate of drug-likeness (QED) is 0.764. The molecule has 1 aromatic carbocycles. The predicted molar refractivity (Wildman–Crippen MR) is 62.5 cm³/mol. The number of hydrogen-bond donors (Lipinski definition) is 1. The van der Waals surface area contributed by atoms with E-state index in [4.69, 9.17) is 5.73 Å². The van der Waals surface area contributed by atoms with Crippen LogP contribution in [-0.2, 0) is 11.8 Å². The second-order valence-corrected chi connectivity index (χ2v) is 5.13. The number of hydrogen-bond acceptors (Lipinski definition) is 1. The zero-order valence-corrected chi connectivity index (χ0v) is 9.67. The monoisotopic (exact) mass is 191 g/mol. The van der Waals surface area contributed by atoms with Crippen LogP contribution in [0.25, 0.3) is 0 Å². The Kier molecular flexibility index (Phi) is 3.33. The third kappa shape index (κ3) is 3.15. The molecule has 0 radical (unpaired) electrons. The zero-order chi connectivity index (χ0) is 10.8. The Balaban J connectivity index is 2.90. The highest BCUT2D eigenvalue weighted by molar-refractivity contribution is 5.28. The van der Waals surface area contributed by atoms with Gasteiger partial charge in [-0.05, 0) is 29.9 Å². The first-order valence-corrected chi connectivity index (χ1v) is 5.24. The van der Waals surface area contributed by atoms with Crippen molar-refractivity contribution in [3.05, 3.63) is 35.4 Å². The van der Waals surface area contributed by atoms with E-state index in [1.165, 1.54) is 11.1 Å². The smallest absolute Gasteiger partial charge is 0.00509 e. The van der Waals surface area contributed by atoms with Crippen molar-refractivity contribution in [3.63, 3.8) is 0 Å². The van der Waals surface area contributed by atoms with Gasteiger partial charge in [0, 0.05) is 6.04 Å². The maximum absolute atomic E-state index is 5.78. The van der Waals surface area contributed by atoms with Gasteiger partial charge in [0.05, 0.1) is 0 Å². The molecule has 2 N–H and O–H groups in total. The lowest BCUT2D eigenvalue weighted by molar-refractivity contribution is 0.588. The highest BCUT2D eigenvalue weighted by atomic mass is 14.6. The fourth-order valence-corrected chi connectivity index (χ4v) is 1.54. The molecule has 0 spiro atoms. The van der Waals surface area contributed by atoms with Crippen molar-refractivity contribution in [2.24, 2.45) is 5.73 Å². The molecule has 14 heavy (non-hydrogen) atoms. The van der Waals surface area contributed by atoms with Gasteiger partial charge in [0.2, 0.25) is 0 Å². The molecule has 0 unspecified atom stereocenters. The molecule has 0 aliphatic carbocycles. The van der Waals surface area contributed by atoms with E-state index in [1.54, 1.807) is 0 Å². The number of benzene rings is 1. The van der Waals surface area contributed by atoms with E-state index in [9.17, 15) is 0 Å². The van der Waals surface area contributed by atoms with Gasteiger partial charge < -0.3 is 5.73 Å². The van der Waals surface area contributed by atoms with Gasteiger partial charge in [0.25, 0.3) is 0 Å². The fraction of sp³-hybridized carbons (Fsp3) is 0.538. The van der Waals surface area contributed by atoms with E-state index in [0.717, 1.165) is 6.42 Å². The summed E-state index contributed by atoms with van der Waals surface area (Å²) in [5.41, 5.74) is 8.74. The molecule has 1 heteroatoms. The average molecular weight is 191 g/mol. The Morgan fingerprint density at radius 1 is 1.29 bits per heavy atom. The van der Waals surface area contributed by atoms with E-state index in [2.05, 4.69) is 45.0 Å². The van der Waals surface area contributed by atoms with Crippen LogP contribution in [0.15, 0.2) is 24.3 Å². The largest absolute Gasteiger partial charge is 0.328 e. The highest BCUT2D eigenvalue weighted by Gasteiger charge is 2.13. The second kappa shape index (κ2) is 4.14. The Labute approximate surface area is 87.3 Å². The molecule has 0 amide bonds. The molecule has 0 heterocycles. The molecule has 0 aliphatic rings. The van der Waals surface area contributed by atoms with Crippen molar-refractivity contribution in [1.82, 2.24) is 0 Å². The molecule has 1 aromatic rings. The molecule has 0 aromatic heterocycles. The van der Waals surface area contributed by atoms with Gasteiger partial charge >= 0.3 is 0 Å².